The summed E-state index contributed by atoms with van der Waals surface area (Å²) in [6.07, 6.45) is 0. The predicted octanol–water partition coefficient (Wildman–Crippen LogP) is 2.53. The average Bonchev–Trinajstić information content (AvgIpc) is 2.66. The predicted molar refractivity (Wildman–Crippen MR) is 100 cm³/mol. The quantitative estimate of drug-likeness (QED) is 0.665. The molecule has 3 rings (SSSR count). The fourth-order valence-electron chi connectivity index (χ4n) is 2.90. The number of anilines is 2. The fourth-order valence-corrected chi connectivity index (χ4v) is 2.90. The Morgan fingerprint density at radius 3 is 2.63 bits per heavy atom. The van der Waals surface area contributed by atoms with Crippen LogP contribution in [0.15, 0.2) is 42.5 Å². The van der Waals surface area contributed by atoms with Crippen molar-refractivity contribution < 1.29 is 23.9 Å². The monoisotopic (exact) mass is 368 g/mol. The number of benzene rings is 2. The Bertz CT molecular complexity index is 940. The Labute approximate surface area is 156 Å². The van der Waals surface area contributed by atoms with Crippen LogP contribution in [0.4, 0.5) is 11.4 Å². The van der Waals surface area contributed by atoms with Crippen molar-refractivity contribution in [3.8, 4) is 5.75 Å². The van der Waals surface area contributed by atoms with Gasteiger partial charge in [0.25, 0.3) is 17.4 Å². The summed E-state index contributed by atoms with van der Waals surface area (Å²) in [4.78, 5) is 38.8. The molecule has 1 heterocycles. The van der Waals surface area contributed by atoms with E-state index in [-0.39, 0.29) is 5.56 Å². The van der Waals surface area contributed by atoms with Crippen molar-refractivity contribution in [3.63, 3.8) is 0 Å². The number of ether oxygens (including phenoxy) is 2. The molecule has 27 heavy (non-hydrogen) atoms. The molecular formula is C20H20N2O5. The molecule has 1 unspecified atom stereocenters. The molecule has 0 aliphatic carbocycles. The first kappa shape index (κ1) is 18.4. The molecule has 1 N–H and O–H groups in total. The molecule has 2 amide bonds. The number of amides is 2. The number of hydrogen-bond donors (Lipinski definition) is 1. The number of rotatable bonds is 3. The number of aryl methyl sites for hydroxylation is 1. The molecule has 0 radical (unpaired) electrons. The largest absolute Gasteiger partial charge is 0.465 e. The second-order valence-electron chi connectivity index (χ2n) is 6.50. The van der Waals surface area contributed by atoms with Gasteiger partial charge in [0.2, 0.25) is 0 Å². The van der Waals surface area contributed by atoms with Gasteiger partial charge in [0.05, 0.1) is 18.4 Å². The molecule has 140 valence electrons. The maximum absolute atomic E-state index is 12.9. The average molecular weight is 368 g/mol. The highest BCUT2D eigenvalue weighted by molar-refractivity contribution is 6.19. The van der Waals surface area contributed by atoms with Crippen LogP contribution in [0.3, 0.4) is 0 Å². The van der Waals surface area contributed by atoms with Gasteiger partial charge in [-0.2, -0.15) is 0 Å². The van der Waals surface area contributed by atoms with Crippen molar-refractivity contribution in [1.82, 2.24) is 0 Å². The standard InChI is InChI=1S/C20H20N2O5/c1-12-8-9-16-15(10-12)22(3)19(25)20(2,27-16)18(24)21-14-7-5-6-13(11-14)17(23)26-4/h5-11H,1-4H3,(H,21,24). The molecule has 0 aromatic heterocycles. The summed E-state index contributed by atoms with van der Waals surface area (Å²) in [5.74, 6) is -1.19. The molecule has 0 fully saturated rings. The van der Waals surface area contributed by atoms with Gasteiger partial charge in [-0.05, 0) is 49.7 Å². The zero-order chi connectivity index (χ0) is 19.8. The Balaban J connectivity index is 1.89. The van der Waals surface area contributed by atoms with E-state index in [1.54, 1.807) is 31.3 Å². The van der Waals surface area contributed by atoms with Gasteiger partial charge in [0.1, 0.15) is 5.75 Å². The number of nitrogens with zero attached hydrogens (tertiary/aromatic N) is 1. The molecular weight excluding hydrogens is 348 g/mol. The summed E-state index contributed by atoms with van der Waals surface area (Å²) < 4.78 is 10.5. The van der Waals surface area contributed by atoms with E-state index < -0.39 is 23.4 Å². The number of esters is 1. The van der Waals surface area contributed by atoms with E-state index >= 15 is 0 Å². The molecule has 2 aromatic carbocycles. The number of fused-ring (bicyclic) bond motifs is 1. The lowest BCUT2D eigenvalue weighted by molar-refractivity contribution is -0.144. The van der Waals surface area contributed by atoms with Gasteiger partial charge >= 0.3 is 5.97 Å². The Morgan fingerprint density at radius 2 is 1.93 bits per heavy atom. The van der Waals surface area contributed by atoms with Crippen molar-refractivity contribution in [2.45, 2.75) is 19.4 Å². The van der Waals surface area contributed by atoms with Crippen LogP contribution in [0.25, 0.3) is 0 Å². The van der Waals surface area contributed by atoms with Gasteiger partial charge in [-0.3, -0.25) is 9.59 Å². The van der Waals surface area contributed by atoms with E-state index in [2.05, 4.69) is 10.1 Å². The van der Waals surface area contributed by atoms with Crippen LogP contribution in [0.2, 0.25) is 0 Å². The van der Waals surface area contributed by atoms with E-state index in [0.29, 0.717) is 17.1 Å². The Kier molecular flexibility index (Phi) is 4.61. The Morgan fingerprint density at radius 1 is 1.19 bits per heavy atom. The first-order chi connectivity index (χ1) is 12.8. The third-order valence-electron chi connectivity index (χ3n) is 4.48. The van der Waals surface area contributed by atoms with Gasteiger partial charge in [0, 0.05) is 12.7 Å². The highest BCUT2D eigenvalue weighted by atomic mass is 16.5. The zero-order valence-corrected chi connectivity index (χ0v) is 15.5. The maximum Gasteiger partial charge on any atom is 0.337 e. The van der Waals surface area contributed by atoms with Crippen LogP contribution in [0.5, 0.6) is 5.75 Å². The number of carbonyl (C=O) groups excluding carboxylic acids is 3. The third-order valence-corrected chi connectivity index (χ3v) is 4.48. The van der Waals surface area contributed by atoms with Gasteiger partial charge in [-0.1, -0.05) is 12.1 Å². The van der Waals surface area contributed by atoms with Crippen LogP contribution in [0, 0.1) is 6.92 Å². The lowest BCUT2D eigenvalue weighted by atomic mass is 9.99. The maximum atomic E-state index is 12.9. The molecule has 7 heteroatoms. The van der Waals surface area contributed by atoms with Crippen LogP contribution in [-0.2, 0) is 14.3 Å². The van der Waals surface area contributed by atoms with Gasteiger partial charge in [-0.15, -0.1) is 0 Å². The second kappa shape index (κ2) is 6.75. The number of methoxy groups -OCH3 is 1. The van der Waals surface area contributed by atoms with E-state index in [9.17, 15) is 14.4 Å². The third kappa shape index (κ3) is 3.23. The highest BCUT2D eigenvalue weighted by Crippen LogP contribution is 2.38. The molecule has 0 bridgehead atoms. The van der Waals surface area contributed by atoms with Crippen molar-refractivity contribution >= 4 is 29.2 Å². The molecule has 1 aliphatic rings. The number of hydrogen-bond acceptors (Lipinski definition) is 5. The van der Waals surface area contributed by atoms with Crippen molar-refractivity contribution in [2.24, 2.45) is 0 Å². The van der Waals surface area contributed by atoms with Gasteiger partial charge in [-0.25, -0.2) is 4.79 Å². The van der Waals surface area contributed by atoms with Crippen LogP contribution in [-0.4, -0.2) is 37.5 Å². The minimum atomic E-state index is -1.74. The minimum Gasteiger partial charge on any atom is -0.465 e. The summed E-state index contributed by atoms with van der Waals surface area (Å²) >= 11 is 0. The summed E-state index contributed by atoms with van der Waals surface area (Å²) in [5.41, 5.74) is 0.493. The van der Waals surface area contributed by atoms with Crippen molar-refractivity contribution in [1.29, 1.82) is 0 Å². The topological polar surface area (TPSA) is 84.9 Å². The van der Waals surface area contributed by atoms with Gasteiger partial charge < -0.3 is 19.7 Å². The van der Waals surface area contributed by atoms with E-state index in [1.807, 2.05) is 19.1 Å². The molecule has 0 spiro atoms. The molecule has 0 saturated heterocycles. The Hall–Kier alpha value is -3.35. The molecule has 1 aliphatic heterocycles. The second-order valence-corrected chi connectivity index (χ2v) is 6.50. The smallest absolute Gasteiger partial charge is 0.337 e. The molecule has 0 saturated carbocycles. The number of carbonyl (C=O) groups is 3. The van der Waals surface area contributed by atoms with E-state index in [4.69, 9.17) is 4.74 Å². The summed E-state index contributed by atoms with van der Waals surface area (Å²) in [5, 5.41) is 2.65. The molecule has 1 atom stereocenters. The lowest BCUT2D eigenvalue weighted by Gasteiger charge is -2.38. The van der Waals surface area contributed by atoms with Crippen LogP contribution < -0.4 is 15.0 Å². The first-order valence-corrected chi connectivity index (χ1v) is 8.34. The minimum absolute atomic E-state index is 0.286. The summed E-state index contributed by atoms with van der Waals surface area (Å²) in [6.45, 7) is 3.33. The molecule has 2 aromatic rings. The van der Waals surface area contributed by atoms with Crippen molar-refractivity contribution in [3.05, 3.63) is 53.6 Å². The first-order valence-electron chi connectivity index (χ1n) is 8.34. The number of likely N-dealkylation sites (N-methyl/N-ethyl adjacent to an activating group) is 1. The van der Waals surface area contributed by atoms with Crippen LogP contribution in [0.1, 0.15) is 22.8 Å². The van der Waals surface area contributed by atoms with E-state index in [0.717, 1.165) is 5.56 Å². The van der Waals surface area contributed by atoms with Gasteiger partial charge in [0.15, 0.2) is 0 Å². The molecule has 7 nitrogen and oxygen atoms in total. The zero-order valence-electron chi connectivity index (χ0n) is 15.5. The lowest BCUT2D eigenvalue weighted by Crippen LogP contribution is -2.59. The van der Waals surface area contributed by atoms with Crippen LogP contribution >= 0.6 is 0 Å². The van der Waals surface area contributed by atoms with E-state index in [1.165, 1.54) is 25.0 Å². The number of nitrogens with one attached hydrogen (secondary N) is 1. The summed E-state index contributed by atoms with van der Waals surface area (Å²) in [6, 6.07) is 11.7. The highest BCUT2D eigenvalue weighted by Gasteiger charge is 2.49. The SMILES string of the molecule is COC(=O)c1cccc(NC(=O)C2(C)Oc3ccc(C)cc3N(C)C2=O)c1. The normalized spacial score (nSPS) is 18.4. The van der Waals surface area contributed by atoms with Crippen molar-refractivity contribution in [2.75, 3.05) is 24.4 Å². The summed E-state index contributed by atoms with van der Waals surface area (Å²) in [7, 11) is 2.88. The fraction of sp³-hybridized carbons (Fsp3) is 0.250.